The minimum absolute atomic E-state index is 0.471. The molecule has 0 aromatic rings. The van der Waals surface area contributed by atoms with Crippen LogP contribution in [0.4, 0.5) is 0 Å². The van der Waals surface area contributed by atoms with Gasteiger partial charge < -0.3 is 14.9 Å². The molecule has 2 bridgehead atoms. The van der Waals surface area contributed by atoms with Crippen molar-refractivity contribution in [3.8, 4) is 0 Å². The number of carboxylic acids is 2. The molecular formula is C10H14O5. The molecule has 0 spiro atoms. The molecule has 2 rings (SSSR count). The molecule has 0 aromatic heterocycles. The molecule has 5 heteroatoms. The van der Waals surface area contributed by atoms with Crippen molar-refractivity contribution in [2.45, 2.75) is 38.9 Å². The molecule has 0 aliphatic carbocycles. The molecule has 4 atom stereocenters. The summed E-state index contributed by atoms with van der Waals surface area (Å²) in [6.45, 7) is 2.96. The average Bonchev–Trinajstić information content (AvgIpc) is 2.69. The number of rotatable bonds is 2. The summed E-state index contributed by atoms with van der Waals surface area (Å²) in [7, 11) is 0. The monoisotopic (exact) mass is 214 g/mol. The van der Waals surface area contributed by atoms with Crippen LogP contribution in [0.3, 0.4) is 0 Å². The van der Waals surface area contributed by atoms with Crippen LogP contribution >= 0.6 is 0 Å². The van der Waals surface area contributed by atoms with E-state index in [1.807, 2.05) is 0 Å². The zero-order valence-corrected chi connectivity index (χ0v) is 8.69. The molecule has 0 saturated carbocycles. The zero-order valence-electron chi connectivity index (χ0n) is 8.69. The highest BCUT2D eigenvalue weighted by atomic mass is 16.5. The summed E-state index contributed by atoms with van der Waals surface area (Å²) in [5.74, 6) is -2.17. The van der Waals surface area contributed by atoms with E-state index in [0.717, 1.165) is 0 Å². The minimum Gasteiger partial charge on any atom is -0.481 e. The fraction of sp³-hybridized carbons (Fsp3) is 0.800. The largest absolute Gasteiger partial charge is 0.481 e. The van der Waals surface area contributed by atoms with Gasteiger partial charge >= 0.3 is 11.9 Å². The lowest BCUT2D eigenvalue weighted by molar-refractivity contribution is -0.172. The van der Waals surface area contributed by atoms with Gasteiger partial charge in [-0.25, -0.2) is 0 Å². The van der Waals surface area contributed by atoms with E-state index < -0.39 is 35.0 Å². The molecule has 0 unspecified atom stereocenters. The fourth-order valence-electron chi connectivity index (χ4n) is 2.88. The van der Waals surface area contributed by atoms with Gasteiger partial charge in [0.25, 0.3) is 0 Å². The second kappa shape index (κ2) is 2.72. The first kappa shape index (κ1) is 10.4. The van der Waals surface area contributed by atoms with Crippen LogP contribution < -0.4 is 0 Å². The van der Waals surface area contributed by atoms with E-state index in [-0.39, 0.29) is 0 Å². The van der Waals surface area contributed by atoms with Gasteiger partial charge in [0.1, 0.15) is 10.8 Å². The number of hydrogen-bond donors (Lipinski definition) is 2. The summed E-state index contributed by atoms with van der Waals surface area (Å²) >= 11 is 0. The molecule has 2 aliphatic heterocycles. The second-order valence-corrected chi connectivity index (χ2v) is 4.71. The Kier molecular flexibility index (Phi) is 1.89. The zero-order chi connectivity index (χ0) is 11.4. The van der Waals surface area contributed by atoms with E-state index in [1.165, 1.54) is 13.8 Å². The van der Waals surface area contributed by atoms with Crippen LogP contribution in [0, 0.1) is 10.8 Å². The maximum atomic E-state index is 11.3. The molecule has 0 amide bonds. The van der Waals surface area contributed by atoms with Crippen LogP contribution in [0.1, 0.15) is 26.7 Å². The Morgan fingerprint density at radius 2 is 1.40 bits per heavy atom. The van der Waals surface area contributed by atoms with E-state index in [0.29, 0.717) is 12.8 Å². The maximum Gasteiger partial charge on any atom is 0.313 e. The first-order valence-electron chi connectivity index (χ1n) is 4.97. The van der Waals surface area contributed by atoms with Gasteiger partial charge in [-0.15, -0.1) is 0 Å². The van der Waals surface area contributed by atoms with Crippen LogP contribution in [-0.4, -0.2) is 34.4 Å². The van der Waals surface area contributed by atoms with Gasteiger partial charge in [-0.3, -0.25) is 9.59 Å². The lowest BCUT2D eigenvalue weighted by Crippen LogP contribution is -2.55. The van der Waals surface area contributed by atoms with Gasteiger partial charge in [0.2, 0.25) is 0 Å². The van der Waals surface area contributed by atoms with E-state index in [1.54, 1.807) is 0 Å². The molecule has 2 fully saturated rings. The van der Waals surface area contributed by atoms with Crippen molar-refractivity contribution < 1.29 is 24.5 Å². The Hall–Kier alpha value is -1.10. The number of fused-ring (bicyclic) bond motifs is 2. The Morgan fingerprint density at radius 3 is 1.67 bits per heavy atom. The van der Waals surface area contributed by atoms with Crippen LogP contribution in [-0.2, 0) is 14.3 Å². The Morgan fingerprint density at radius 1 is 1.07 bits per heavy atom. The quantitative estimate of drug-likeness (QED) is 0.707. The van der Waals surface area contributed by atoms with Crippen LogP contribution in [0.25, 0.3) is 0 Å². The summed E-state index contributed by atoms with van der Waals surface area (Å²) in [6.07, 6.45) is 0.328. The molecular weight excluding hydrogens is 200 g/mol. The Bertz CT molecular complexity index is 307. The van der Waals surface area contributed by atoms with Gasteiger partial charge in [-0.2, -0.15) is 0 Å². The first-order chi connectivity index (χ1) is 6.85. The van der Waals surface area contributed by atoms with Crippen molar-refractivity contribution in [3.05, 3.63) is 0 Å². The topological polar surface area (TPSA) is 83.8 Å². The maximum absolute atomic E-state index is 11.3. The third-order valence-electron chi connectivity index (χ3n) is 4.27. The minimum atomic E-state index is -1.32. The molecule has 0 aromatic carbocycles. The number of hydrogen-bond acceptors (Lipinski definition) is 3. The van der Waals surface area contributed by atoms with E-state index in [4.69, 9.17) is 4.74 Å². The lowest BCUT2D eigenvalue weighted by atomic mass is 9.57. The van der Waals surface area contributed by atoms with E-state index in [2.05, 4.69) is 0 Å². The summed E-state index contributed by atoms with van der Waals surface area (Å²) < 4.78 is 5.46. The van der Waals surface area contributed by atoms with Crippen molar-refractivity contribution in [1.82, 2.24) is 0 Å². The third-order valence-corrected chi connectivity index (χ3v) is 4.27. The summed E-state index contributed by atoms with van der Waals surface area (Å²) in [5, 5.41) is 18.5. The van der Waals surface area contributed by atoms with E-state index >= 15 is 0 Å². The fourth-order valence-corrected chi connectivity index (χ4v) is 2.88. The van der Waals surface area contributed by atoms with Gasteiger partial charge in [0, 0.05) is 0 Å². The van der Waals surface area contributed by atoms with Gasteiger partial charge in [-0.05, 0) is 26.7 Å². The lowest BCUT2D eigenvalue weighted by Gasteiger charge is -2.40. The number of aliphatic carboxylic acids is 2. The van der Waals surface area contributed by atoms with Crippen molar-refractivity contribution in [1.29, 1.82) is 0 Å². The summed E-state index contributed by atoms with van der Waals surface area (Å²) in [6, 6.07) is 0. The van der Waals surface area contributed by atoms with Crippen LogP contribution in [0.15, 0.2) is 0 Å². The highest BCUT2D eigenvalue weighted by molar-refractivity contribution is 5.88. The van der Waals surface area contributed by atoms with Crippen molar-refractivity contribution in [3.63, 3.8) is 0 Å². The van der Waals surface area contributed by atoms with Crippen molar-refractivity contribution >= 4 is 11.9 Å². The smallest absolute Gasteiger partial charge is 0.313 e. The summed E-state index contributed by atoms with van der Waals surface area (Å²) in [5.41, 5.74) is -2.64. The highest BCUT2D eigenvalue weighted by Crippen LogP contribution is 2.59. The highest BCUT2D eigenvalue weighted by Gasteiger charge is 2.71. The average molecular weight is 214 g/mol. The van der Waals surface area contributed by atoms with Gasteiger partial charge in [0.05, 0.1) is 12.2 Å². The van der Waals surface area contributed by atoms with Crippen molar-refractivity contribution in [2.75, 3.05) is 0 Å². The molecule has 2 aliphatic rings. The molecule has 0 radical (unpaired) electrons. The predicted octanol–water partition coefficient (Wildman–Crippen LogP) is 0.729. The molecule has 84 valence electrons. The molecule has 2 heterocycles. The number of carboxylic acid groups (broad SMARTS) is 2. The molecule has 2 N–H and O–H groups in total. The SMILES string of the molecule is C[C@]1(C(=O)O)[C@@H]2CC[C@@H](O2)[C@]1(C)C(=O)O. The standard InChI is InChI=1S/C10H14O5/c1-9(7(11)12)5-3-4-6(15-5)10(9,2)8(13)14/h5-6H,3-4H2,1-2H3,(H,11,12)(H,13,14)/t5-,6+,9-,10-/m1/s1. The first-order valence-corrected chi connectivity index (χ1v) is 4.97. The van der Waals surface area contributed by atoms with Crippen LogP contribution in [0.2, 0.25) is 0 Å². The van der Waals surface area contributed by atoms with Gasteiger partial charge in [-0.1, -0.05) is 0 Å². The predicted molar refractivity (Wildman–Crippen MR) is 49.4 cm³/mol. The summed E-state index contributed by atoms with van der Waals surface area (Å²) in [4.78, 5) is 22.6. The Labute approximate surface area is 87.0 Å². The van der Waals surface area contributed by atoms with Crippen molar-refractivity contribution in [2.24, 2.45) is 10.8 Å². The number of carbonyl (C=O) groups is 2. The third kappa shape index (κ3) is 0.916. The molecule has 2 saturated heterocycles. The molecule has 15 heavy (non-hydrogen) atoms. The second-order valence-electron chi connectivity index (χ2n) is 4.71. The molecule has 5 nitrogen and oxygen atoms in total. The number of ether oxygens (including phenoxy) is 1. The Balaban J connectivity index is 2.53. The normalized spacial score (nSPS) is 48.1. The van der Waals surface area contributed by atoms with Gasteiger partial charge in [0.15, 0.2) is 0 Å². The van der Waals surface area contributed by atoms with Crippen LogP contribution in [0.5, 0.6) is 0 Å². The van der Waals surface area contributed by atoms with E-state index in [9.17, 15) is 19.8 Å².